The molecule has 1 aliphatic carbocycles. The molecule has 9 heavy (non-hydrogen) atoms. The molecular weight excluding hydrogens is 231 g/mol. The number of hydrogen-bond donors (Lipinski definition) is 2. The van der Waals surface area contributed by atoms with Crippen molar-refractivity contribution in [1.29, 1.82) is 0 Å². The zero-order valence-electron chi connectivity index (χ0n) is 5.13. The van der Waals surface area contributed by atoms with E-state index in [-0.39, 0.29) is 3.92 Å². The van der Waals surface area contributed by atoms with Crippen LogP contribution in [0.4, 0.5) is 0 Å². The Hall–Kier alpha value is 0.650. The van der Waals surface area contributed by atoms with Crippen LogP contribution in [0.25, 0.3) is 0 Å². The highest BCUT2D eigenvalue weighted by Gasteiger charge is 2.27. The Morgan fingerprint density at radius 3 is 2.33 bits per heavy atom. The van der Waals surface area contributed by atoms with E-state index >= 15 is 0 Å². The zero-order valence-corrected chi connectivity index (χ0v) is 7.28. The van der Waals surface area contributed by atoms with Crippen molar-refractivity contribution >= 4 is 22.6 Å². The summed E-state index contributed by atoms with van der Waals surface area (Å²) >= 11 is 2.19. The van der Waals surface area contributed by atoms with Crippen molar-refractivity contribution in [2.75, 3.05) is 0 Å². The van der Waals surface area contributed by atoms with E-state index in [1.165, 1.54) is 0 Å². The summed E-state index contributed by atoms with van der Waals surface area (Å²) < 4.78 is 0.256. The van der Waals surface area contributed by atoms with Crippen LogP contribution in [-0.2, 0) is 0 Å². The minimum Gasteiger partial charge on any atom is -0.390 e. The quantitative estimate of drug-likeness (QED) is 0.484. The first-order chi connectivity index (χ1) is 4.22. The van der Waals surface area contributed by atoms with Crippen LogP contribution in [0.5, 0.6) is 0 Å². The average molecular weight is 242 g/mol. The van der Waals surface area contributed by atoms with Gasteiger partial charge in [0.15, 0.2) is 0 Å². The fraction of sp³-hybridized carbons (Fsp3) is 1.00. The van der Waals surface area contributed by atoms with Crippen molar-refractivity contribution < 1.29 is 10.2 Å². The predicted molar refractivity (Wildman–Crippen MR) is 43.7 cm³/mol. The van der Waals surface area contributed by atoms with E-state index in [0.29, 0.717) is 0 Å². The summed E-state index contributed by atoms with van der Waals surface area (Å²) in [5, 5.41) is 18.3. The second-order valence-electron chi connectivity index (χ2n) is 2.50. The monoisotopic (exact) mass is 242 g/mol. The van der Waals surface area contributed by atoms with Gasteiger partial charge in [0, 0.05) is 3.92 Å². The molecule has 1 fully saturated rings. The molecule has 0 amide bonds. The van der Waals surface area contributed by atoms with Gasteiger partial charge in [-0.25, -0.2) is 0 Å². The van der Waals surface area contributed by atoms with Crippen LogP contribution < -0.4 is 0 Å². The van der Waals surface area contributed by atoms with Crippen LogP contribution in [-0.4, -0.2) is 26.3 Å². The Balaban J connectivity index is 2.41. The highest BCUT2D eigenvalue weighted by molar-refractivity contribution is 14.1. The first-order valence-corrected chi connectivity index (χ1v) is 4.46. The lowest BCUT2D eigenvalue weighted by atomic mass is 9.95. The molecule has 0 saturated heterocycles. The SMILES string of the molecule is OC1CCCC(I)C1O. The van der Waals surface area contributed by atoms with Crippen molar-refractivity contribution in [3.63, 3.8) is 0 Å². The van der Waals surface area contributed by atoms with Gasteiger partial charge in [-0.15, -0.1) is 0 Å². The van der Waals surface area contributed by atoms with Crippen LogP contribution in [0.3, 0.4) is 0 Å². The summed E-state index contributed by atoms with van der Waals surface area (Å²) in [6.45, 7) is 0. The summed E-state index contributed by atoms with van der Waals surface area (Å²) in [5.41, 5.74) is 0. The van der Waals surface area contributed by atoms with Crippen molar-refractivity contribution in [3.05, 3.63) is 0 Å². The van der Waals surface area contributed by atoms with Crippen LogP contribution in [0, 0.1) is 0 Å². The minimum atomic E-state index is -0.487. The first-order valence-electron chi connectivity index (χ1n) is 3.22. The molecule has 0 bridgehead atoms. The average Bonchev–Trinajstić information content (AvgIpc) is 1.83. The van der Waals surface area contributed by atoms with Gasteiger partial charge in [0.25, 0.3) is 0 Å². The molecule has 3 heteroatoms. The number of aliphatic hydroxyl groups excluding tert-OH is 2. The molecule has 0 aliphatic heterocycles. The maximum absolute atomic E-state index is 9.19. The number of halogens is 1. The summed E-state index contributed by atoms with van der Waals surface area (Å²) in [6, 6.07) is 0. The number of alkyl halides is 1. The molecule has 2 N–H and O–H groups in total. The topological polar surface area (TPSA) is 40.5 Å². The highest BCUT2D eigenvalue weighted by Crippen LogP contribution is 2.24. The first kappa shape index (κ1) is 7.75. The van der Waals surface area contributed by atoms with Gasteiger partial charge < -0.3 is 10.2 Å². The lowest BCUT2D eigenvalue weighted by Gasteiger charge is -2.27. The molecule has 2 nitrogen and oxygen atoms in total. The number of hydrogen-bond acceptors (Lipinski definition) is 2. The molecule has 54 valence electrons. The summed E-state index contributed by atoms with van der Waals surface area (Å²) in [7, 11) is 0. The Kier molecular flexibility index (Phi) is 2.73. The lowest BCUT2D eigenvalue weighted by Crippen LogP contribution is -2.37. The van der Waals surface area contributed by atoms with E-state index in [1.807, 2.05) is 0 Å². The van der Waals surface area contributed by atoms with Crippen LogP contribution in [0.2, 0.25) is 0 Å². The largest absolute Gasteiger partial charge is 0.390 e. The van der Waals surface area contributed by atoms with E-state index in [2.05, 4.69) is 22.6 Å². The van der Waals surface area contributed by atoms with Gasteiger partial charge in [0.1, 0.15) is 0 Å². The van der Waals surface area contributed by atoms with Gasteiger partial charge >= 0.3 is 0 Å². The van der Waals surface area contributed by atoms with Gasteiger partial charge in [-0.3, -0.25) is 0 Å². The molecular formula is C6H11IO2. The molecule has 3 atom stereocenters. The molecule has 1 rings (SSSR count). The van der Waals surface area contributed by atoms with Crippen LogP contribution in [0.15, 0.2) is 0 Å². The summed E-state index contributed by atoms with van der Waals surface area (Å²) in [5.74, 6) is 0. The van der Waals surface area contributed by atoms with Crippen molar-refractivity contribution in [2.24, 2.45) is 0 Å². The molecule has 0 heterocycles. The maximum atomic E-state index is 9.19. The summed E-state index contributed by atoms with van der Waals surface area (Å²) in [4.78, 5) is 0. The summed E-state index contributed by atoms with van der Waals surface area (Å²) in [6.07, 6.45) is 1.89. The fourth-order valence-electron chi connectivity index (χ4n) is 1.10. The third-order valence-corrected chi connectivity index (χ3v) is 3.10. The number of rotatable bonds is 0. The molecule has 1 aliphatic rings. The number of aliphatic hydroxyl groups is 2. The van der Waals surface area contributed by atoms with Crippen molar-refractivity contribution in [2.45, 2.75) is 35.4 Å². The fourth-order valence-corrected chi connectivity index (χ4v) is 2.02. The molecule has 0 radical (unpaired) electrons. The Labute approximate surface area is 68.4 Å². The minimum absolute atomic E-state index is 0.256. The zero-order chi connectivity index (χ0) is 6.85. The standard InChI is InChI=1S/C6H11IO2/c7-4-2-1-3-5(8)6(4)9/h4-6,8-9H,1-3H2. The van der Waals surface area contributed by atoms with Crippen LogP contribution >= 0.6 is 22.6 Å². The van der Waals surface area contributed by atoms with Crippen molar-refractivity contribution in [3.8, 4) is 0 Å². The molecule has 0 aromatic carbocycles. The highest BCUT2D eigenvalue weighted by atomic mass is 127. The van der Waals surface area contributed by atoms with E-state index in [9.17, 15) is 5.11 Å². The molecule has 1 saturated carbocycles. The van der Waals surface area contributed by atoms with E-state index < -0.39 is 12.2 Å². The van der Waals surface area contributed by atoms with E-state index in [0.717, 1.165) is 19.3 Å². The second kappa shape index (κ2) is 3.16. The van der Waals surface area contributed by atoms with Gasteiger partial charge in [-0.2, -0.15) is 0 Å². The van der Waals surface area contributed by atoms with Gasteiger partial charge in [-0.1, -0.05) is 22.6 Å². The Morgan fingerprint density at radius 2 is 1.89 bits per heavy atom. The van der Waals surface area contributed by atoms with Gasteiger partial charge in [0.05, 0.1) is 12.2 Å². The smallest absolute Gasteiger partial charge is 0.0916 e. The Bertz CT molecular complexity index is 87.1. The lowest BCUT2D eigenvalue weighted by molar-refractivity contribution is -0.00125. The molecule has 0 spiro atoms. The third kappa shape index (κ3) is 1.78. The normalized spacial score (nSPS) is 45.0. The van der Waals surface area contributed by atoms with Crippen molar-refractivity contribution in [1.82, 2.24) is 0 Å². The second-order valence-corrected chi connectivity index (χ2v) is 4.10. The third-order valence-electron chi connectivity index (χ3n) is 1.74. The molecule has 3 unspecified atom stereocenters. The van der Waals surface area contributed by atoms with Gasteiger partial charge in [0.2, 0.25) is 0 Å². The Morgan fingerprint density at radius 1 is 1.22 bits per heavy atom. The van der Waals surface area contributed by atoms with Crippen LogP contribution in [0.1, 0.15) is 19.3 Å². The maximum Gasteiger partial charge on any atom is 0.0916 e. The predicted octanol–water partition coefficient (Wildman–Crippen LogP) is 0.696. The van der Waals surface area contributed by atoms with E-state index in [4.69, 9.17) is 5.11 Å². The molecule has 0 aromatic rings. The van der Waals surface area contributed by atoms with E-state index in [1.54, 1.807) is 0 Å². The van der Waals surface area contributed by atoms with Gasteiger partial charge in [-0.05, 0) is 19.3 Å². The molecule has 0 aromatic heterocycles.